The zero-order valence-electron chi connectivity index (χ0n) is 12.8. The number of aromatic nitrogens is 2. The molecule has 2 rings (SSSR count). The second kappa shape index (κ2) is 7.35. The maximum atomic E-state index is 11.7. The molecule has 1 amide bonds. The molecule has 1 aromatic heterocycles. The molecule has 0 aliphatic carbocycles. The predicted octanol–water partition coefficient (Wildman–Crippen LogP) is 1.23. The summed E-state index contributed by atoms with van der Waals surface area (Å²) in [5.41, 5.74) is 0.742. The highest BCUT2D eigenvalue weighted by Gasteiger charge is 2.11. The fourth-order valence-corrected chi connectivity index (χ4v) is 1.80. The van der Waals surface area contributed by atoms with Gasteiger partial charge in [-0.15, -0.1) is 0 Å². The average molecular weight is 315 g/mol. The van der Waals surface area contributed by atoms with E-state index in [4.69, 9.17) is 4.74 Å². The van der Waals surface area contributed by atoms with Gasteiger partial charge in [0.15, 0.2) is 0 Å². The van der Waals surface area contributed by atoms with Gasteiger partial charge in [0.1, 0.15) is 18.0 Å². The molecular weight excluding hydrogens is 298 g/mol. The largest absolute Gasteiger partial charge is 0.425 e. The molecule has 0 aliphatic heterocycles. The Bertz CT molecular complexity index is 730. The van der Waals surface area contributed by atoms with Crippen molar-refractivity contribution in [2.75, 3.05) is 6.54 Å². The van der Waals surface area contributed by atoms with Crippen molar-refractivity contribution in [3.63, 3.8) is 0 Å². The molecule has 7 heteroatoms. The first-order valence-corrected chi connectivity index (χ1v) is 7.10. The number of aromatic amines is 1. The van der Waals surface area contributed by atoms with Crippen LogP contribution in [0.2, 0.25) is 0 Å². The van der Waals surface area contributed by atoms with Crippen molar-refractivity contribution in [3.05, 3.63) is 58.0 Å². The van der Waals surface area contributed by atoms with Gasteiger partial charge in [-0.3, -0.25) is 9.59 Å². The number of esters is 1. The summed E-state index contributed by atoms with van der Waals surface area (Å²) in [6.45, 7) is 3.84. The molecule has 0 fully saturated rings. The fraction of sp³-hybridized carbons (Fsp3) is 0.250. The van der Waals surface area contributed by atoms with Crippen molar-refractivity contribution in [1.29, 1.82) is 0 Å². The minimum Gasteiger partial charge on any atom is -0.425 e. The van der Waals surface area contributed by atoms with E-state index in [1.807, 2.05) is 12.1 Å². The highest BCUT2D eigenvalue weighted by molar-refractivity contribution is 5.94. The zero-order valence-corrected chi connectivity index (χ0v) is 12.8. The normalized spacial score (nSPS) is 10.4. The molecule has 0 spiro atoms. The van der Waals surface area contributed by atoms with E-state index in [1.165, 1.54) is 12.1 Å². The Balaban J connectivity index is 1.86. The number of amides is 1. The smallest absolute Gasteiger partial charge is 0.330 e. The van der Waals surface area contributed by atoms with Crippen LogP contribution in [0.15, 0.2) is 41.2 Å². The van der Waals surface area contributed by atoms with E-state index in [-0.39, 0.29) is 12.2 Å². The highest BCUT2D eigenvalue weighted by atomic mass is 16.5. The van der Waals surface area contributed by atoms with Gasteiger partial charge in [-0.25, -0.2) is 9.89 Å². The van der Waals surface area contributed by atoms with Crippen LogP contribution in [0.25, 0.3) is 0 Å². The lowest BCUT2D eigenvalue weighted by Gasteiger charge is -2.08. The second-order valence-electron chi connectivity index (χ2n) is 5.19. The number of carbonyl (C=O) groups is 2. The standard InChI is InChI=1S/C16H17N3O4/c1-10(2)11-3-5-12(6-4-11)23-15(21)9-17-16(22)13-7-8-14(20)19-18-13/h3-8,10H,9H2,1-2H3,(H,17,22)(H,19,20). The lowest BCUT2D eigenvalue weighted by Crippen LogP contribution is -2.32. The first kappa shape index (κ1) is 16.4. The van der Waals surface area contributed by atoms with Crippen LogP contribution in [0.1, 0.15) is 35.8 Å². The molecule has 0 radical (unpaired) electrons. The summed E-state index contributed by atoms with van der Waals surface area (Å²) in [4.78, 5) is 34.3. The van der Waals surface area contributed by atoms with E-state index in [1.54, 1.807) is 12.1 Å². The Morgan fingerprint density at radius 1 is 1.17 bits per heavy atom. The summed E-state index contributed by atoms with van der Waals surface area (Å²) >= 11 is 0. The van der Waals surface area contributed by atoms with Gasteiger partial charge in [0.25, 0.3) is 11.5 Å². The molecule has 0 saturated carbocycles. The van der Waals surface area contributed by atoms with Gasteiger partial charge in [-0.1, -0.05) is 26.0 Å². The molecule has 0 unspecified atom stereocenters. The molecular formula is C16H17N3O4. The number of nitrogens with one attached hydrogen (secondary N) is 2. The summed E-state index contributed by atoms with van der Waals surface area (Å²) in [5.74, 6) is -0.368. The average Bonchev–Trinajstić information content (AvgIpc) is 2.54. The number of H-pyrrole nitrogens is 1. The Kier molecular flexibility index (Phi) is 5.24. The molecule has 1 aromatic carbocycles. The summed E-state index contributed by atoms with van der Waals surface area (Å²) in [7, 11) is 0. The summed E-state index contributed by atoms with van der Waals surface area (Å²) in [6, 6.07) is 9.63. The van der Waals surface area contributed by atoms with E-state index in [0.29, 0.717) is 11.7 Å². The molecule has 120 valence electrons. The van der Waals surface area contributed by atoms with E-state index < -0.39 is 17.4 Å². The number of benzene rings is 1. The quantitative estimate of drug-likeness (QED) is 0.638. The maximum absolute atomic E-state index is 11.7. The summed E-state index contributed by atoms with van der Waals surface area (Å²) < 4.78 is 5.12. The monoisotopic (exact) mass is 315 g/mol. The van der Waals surface area contributed by atoms with Crippen molar-refractivity contribution in [2.24, 2.45) is 0 Å². The molecule has 23 heavy (non-hydrogen) atoms. The second-order valence-corrected chi connectivity index (χ2v) is 5.19. The van der Waals surface area contributed by atoms with Crippen LogP contribution in [-0.4, -0.2) is 28.6 Å². The predicted molar refractivity (Wildman–Crippen MR) is 83.4 cm³/mol. The highest BCUT2D eigenvalue weighted by Crippen LogP contribution is 2.18. The van der Waals surface area contributed by atoms with Gasteiger partial charge in [0.2, 0.25) is 0 Å². The van der Waals surface area contributed by atoms with Gasteiger partial charge in [-0.05, 0) is 29.7 Å². The topological polar surface area (TPSA) is 101 Å². The van der Waals surface area contributed by atoms with Crippen LogP contribution in [0.3, 0.4) is 0 Å². The van der Waals surface area contributed by atoms with Crippen molar-refractivity contribution >= 4 is 11.9 Å². The molecule has 1 heterocycles. The first-order valence-electron chi connectivity index (χ1n) is 7.10. The van der Waals surface area contributed by atoms with Crippen LogP contribution in [0.4, 0.5) is 0 Å². The lowest BCUT2D eigenvalue weighted by molar-refractivity contribution is -0.133. The molecule has 0 bridgehead atoms. The molecule has 2 aromatic rings. The number of ether oxygens (including phenoxy) is 1. The van der Waals surface area contributed by atoms with Gasteiger partial charge < -0.3 is 10.1 Å². The minimum atomic E-state index is -0.597. The van der Waals surface area contributed by atoms with Crippen molar-refractivity contribution in [3.8, 4) is 5.75 Å². The van der Waals surface area contributed by atoms with E-state index in [2.05, 4.69) is 29.4 Å². The maximum Gasteiger partial charge on any atom is 0.330 e. The van der Waals surface area contributed by atoms with Crippen molar-refractivity contribution < 1.29 is 14.3 Å². The van der Waals surface area contributed by atoms with Crippen LogP contribution < -0.4 is 15.6 Å². The zero-order chi connectivity index (χ0) is 16.8. The van der Waals surface area contributed by atoms with Crippen LogP contribution in [0, 0.1) is 0 Å². The third-order valence-electron chi connectivity index (χ3n) is 3.08. The van der Waals surface area contributed by atoms with E-state index in [0.717, 1.165) is 5.56 Å². The molecule has 7 nitrogen and oxygen atoms in total. The summed E-state index contributed by atoms with van der Waals surface area (Å²) in [5, 5.41) is 8.07. The molecule has 0 aliphatic rings. The summed E-state index contributed by atoms with van der Waals surface area (Å²) in [6.07, 6.45) is 0. The number of nitrogens with zero attached hydrogens (tertiary/aromatic N) is 1. The third-order valence-corrected chi connectivity index (χ3v) is 3.08. The first-order chi connectivity index (χ1) is 11.0. The third kappa shape index (κ3) is 4.77. The van der Waals surface area contributed by atoms with Crippen molar-refractivity contribution in [1.82, 2.24) is 15.5 Å². The van der Waals surface area contributed by atoms with Gasteiger partial charge >= 0.3 is 5.97 Å². The minimum absolute atomic E-state index is 0.0127. The SMILES string of the molecule is CC(C)c1ccc(OC(=O)CNC(=O)c2ccc(=O)[nH]n2)cc1. The molecule has 2 N–H and O–H groups in total. The Labute approximate surface area is 132 Å². The van der Waals surface area contributed by atoms with Gasteiger partial charge in [0, 0.05) is 6.07 Å². The van der Waals surface area contributed by atoms with E-state index in [9.17, 15) is 14.4 Å². The molecule has 0 atom stereocenters. The Hall–Kier alpha value is -2.96. The number of rotatable bonds is 5. The van der Waals surface area contributed by atoms with Crippen LogP contribution in [0.5, 0.6) is 5.75 Å². The number of carbonyl (C=O) groups excluding carboxylic acids is 2. The number of hydrogen-bond donors (Lipinski definition) is 2. The van der Waals surface area contributed by atoms with Gasteiger partial charge in [-0.2, -0.15) is 5.10 Å². The Morgan fingerprint density at radius 2 is 1.87 bits per heavy atom. The lowest BCUT2D eigenvalue weighted by atomic mass is 10.0. The van der Waals surface area contributed by atoms with Crippen LogP contribution in [-0.2, 0) is 4.79 Å². The van der Waals surface area contributed by atoms with Crippen molar-refractivity contribution in [2.45, 2.75) is 19.8 Å². The fourth-order valence-electron chi connectivity index (χ4n) is 1.80. The Morgan fingerprint density at radius 3 is 2.43 bits per heavy atom. The van der Waals surface area contributed by atoms with Gasteiger partial charge in [0.05, 0.1) is 0 Å². The van der Waals surface area contributed by atoms with Crippen LogP contribution >= 0.6 is 0 Å². The number of hydrogen-bond acceptors (Lipinski definition) is 5. The van der Waals surface area contributed by atoms with E-state index >= 15 is 0 Å². The molecule has 0 saturated heterocycles.